The Hall–Kier alpha value is 0.0800. The van der Waals surface area contributed by atoms with Gasteiger partial charge in [-0.05, 0) is 0 Å². The first-order chi connectivity index (χ1) is 6.56. The van der Waals surface area contributed by atoms with Crippen molar-refractivity contribution in [3.05, 3.63) is 33.1 Å². The Balaban J connectivity index is 3.13. The second-order valence-corrected chi connectivity index (χ2v) is 14.3. The Kier molecular flexibility index (Phi) is 4.55. The summed E-state index contributed by atoms with van der Waals surface area (Å²) in [5, 5.41) is 2.52. The summed E-state index contributed by atoms with van der Waals surface area (Å²) in [6.07, 6.45) is 0. The van der Waals surface area contributed by atoms with Crippen LogP contribution < -0.4 is 5.32 Å². The van der Waals surface area contributed by atoms with E-state index in [1.165, 1.54) is 12.1 Å². The Morgan fingerprint density at radius 1 is 1.57 bits per heavy atom. The van der Waals surface area contributed by atoms with Gasteiger partial charge in [-0.2, -0.15) is 0 Å². The first-order valence-corrected chi connectivity index (χ1v) is 13.4. The van der Waals surface area contributed by atoms with Crippen molar-refractivity contribution < 1.29 is 9.18 Å². The number of rotatable bonds is 2. The molecule has 0 atom stereocenters. The van der Waals surface area contributed by atoms with Crippen molar-refractivity contribution in [2.75, 3.05) is 12.0 Å². The molecule has 1 aromatic rings. The van der Waals surface area contributed by atoms with E-state index in [4.69, 9.17) is 0 Å². The summed E-state index contributed by atoms with van der Waals surface area (Å²) < 4.78 is 14.0. The molecule has 0 aliphatic rings. The molecule has 0 radical (unpaired) electrons. The van der Waals surface area contributed by atoms with E-state index < -0.39 is 15.8 Å². The van der Waals surface area contributed by atoms with Gasteiger partial charge in [0, 0.05) is 0 Å². The molecule has 0 spiro atoms. The molecule has 0 bridgehead atoms. The minimum absolute atomic E-state index is 0.166. The predicted molar refractivity (Wildman–Crippen MR) is 72.5 cm³/mol. The Labute approximate surface area is 99.2 Å². The summed E-state index contributed by atoms with van der Waals surface area (Å²) in [7, 11) is 1.57. The summed E-state index contributed by atoms with van der Waals surface area (Å²) in [6.45, 7) is 0. The molecular formula is C9H10FI2NO. The van der Waals surface area contributed by atoms with Gasteiger partial charge in [-0.3, -0.25) is 0 Å². The maximum absolute atomic E-state index is 13.3. The molecule has 2 nitrogen and oxygen atoms in total. The number of nitrogens with one attached hydrogen (secondary N) is 1. The van der Waals surface area contributed by atoms with Crippen LogP contribution in [0.25, 0.3) is 0 Å². The van der Waals surface area contributed by atoms with Crippen LogP contribution >= 0.6 is 34.5 Å². The number of benzene rings is 1. The fourth-order valence-corrected chi connectivity index (χ4v) is 4.73. The molecule has 0 unspecified atom stereocenters. The molecule has 14 heavy (non-hydrogen) atoms. The Morgan fingerprint density at radius 2 is 2.21 bits per heavy atom. The standard InChI is InChI=1S/C9H10FI2NO/c1-12(11)8-5-6(9(14)13-2)3-4-7(8)10/h3-5H,1-2H3,(H,13,14). The molecule has 1 N–H and O–H groups in total. The van der Waals surface area contributed by atoms with Crippen molar-refractivity contribution in [3.8, 4) is 0 Å². The average molecular weight is 421 g/mol. The fourth-order valence-electron chi connectivity index (χ4n) is 0.981. The molecule has 1 amide bonds. The van der Waals surface area contributed by atoms with Crippen LogP contribution in [0.2, 0.25) is 0 Å². The fraction of sp³-hybridized carbons (Fsp3) is 0.222. The van der Waals surface area contributed by atoms with Crippen LogP contribution in [0.15, 0.2) is 18.2 Å². The number of amides is 1. The van der Waals surface area contributed by atoms with E-state index >= 15 is 0 Å². The van der Waals surface area contributed by atoms with Crippen molar-refractivity contribution >= 4 is 40.4 Å². The van der Waals surface area contributed by atoms with Crippen LogP contribution in [0.5, 0.6) is 0 Å². The van der Waals surface area contributed by atoms with Crippen LogP contribution in [-0.2, 0) is 0 Å². The van der Waals surface area contributed by atoms with Crippen LogP contribution in [0.1, 0.15) is 10.4 Å². The van der Waals surface area contributed by atoms with E-state index in [1.807, 2.05) is 4.93 Å². The third kappa shape index (κ3) is 2.78. The summed E-state index contributed by atoms with van der Waals surface area (Å²) in [5.74, 6) is -0.361. The summed E-state index contributed by atoms with van der Waals surface area (Å²) >= 11 is 0.873. The first kappa shape index (κ1) is 12.2. The van der Waals surface area contributed by atoms with Crippen LogP contribution in [0.4, 0.5) is 4.39 Å². The number of hydrogen-bond acceptors (Lipinski definition) is 1. The van der Waals surface area contributed by atoms with Gasteiger partial charge >= 0.3 is 100.0 Å². The molecule has 0 saturated carbocycles. The van der Waals surface area contributed by atoms with Crippen molar-refractivity contribution in [2.24, 2.45) is 0 Å². The maximum atomic E-state index is 13.3. The van der Waals surface area contributed by atoms with E-state index in [-0.39, 0.29) is 11.7 Å². The number of carbonyl (C=O) groups excluding carboxylic acids is 1. The summed E-state index contributed by atoms with van der Waals surface area (Å²) in [6, 6.07) is 4.53. The second kappa shape index (κ2) is 5.24. The summed E-state index contributed by atoms with van der Waals surface area (Å²) in [4.78, 5) is 13.3. The SMILES string of the molecule is CNC(=O)c1ccc(F)c(I(C)I)c1. The zero-order valence-corrected chi connectivity index (χ0v) is 12.1. The van der Waals surface area contributed by atoms with Gasteiger partial charge in [0.25, 0.3) is 0 Å². The quantitative estimate of drug-likeness (QED) is 0.578. The molecule has 0 heterocycles. The Bertz CT molecular complexity index is 355. The van der Waals surface area contributed by atoms with Gasteiger partial charge in [-0.25, -0.2) is 0 Å². The number of alkyl halides is 1. The van der Waals surface area contributed by atoms with Gasteiger partial charge in [-0.15, -0.1) is 0 Å². The first-order valence-electron chi connectivity index (χ1n) is 3.84. The minimum atomic E-state index is -1.40. The molecular weight excluding hydrogens is 411 g/mol. The van der Waals surface area contributed by atoms with Crippen molar-refractivity contribution in [2.45, 2.75) is 0 Å². The molecule has 78 valence electrons. The number of halogens is 3. The van der Waals surface area contributed by atoms with Crippen LogP contribution in [0.3, 0.4) is 0 Å². The molecule has 1 rings (SSSR count). The summed E-state index contributed by atoms with van der Waals surface area (Å²) in [5.41, 5.74) is 0.532. The Morgan fingerprint density at radius 3 is 2.71 bits per heavy atom. The molecule has 5 heteroatoms. The zero-order chi connectivity index (χ0) is 10.7. The van der Waals surface area contributed by atoms with E-state index in [0.717, 1.165) is 3.57 Å². The molecule has 1 aromatic carbocycles. The van der Waals surface area contributed by atoms with Gasteiger partial charge in [0.15, 0.2) is 0 Å². The van der Waals surface area contributed by atoms with E-state index in [9.17, 15) is 9.18 Å². The van der Waals surface area contributed by atoms with Gasteiger partial charge < -0.3 is 0 Å². The monoisotopic (exact) mass is 421 g/mol. The molecule has 0 aliphatic carbocycles. The van der Waals surface area contributed by atoms with Gasteiger partial charge in [0.1, 0.15) is 0 Å². The van der Waals surface area contributed by atoms with Gasteiger partial charge in [0.2, 0.25) is 0 Å². The van der Waals surface area contributed by atoms with Crippen LogP contribution in [0, 0.1) is 9.39 Å². The van der Waals surface area contributed by atoms with E-state index in [2.05, 4.69) is 23.9 Å². The molecule has 0 fully saturated rings. The topological polar surface area (TPSA) is 29.1 Å². The van der Waals surface area contributed by atoms with Crippen molar-refractivity contribution in [1.82, 2.24) is 5.32 Å². The predicted octanol–water partition coefficient (Wildman–Crippen LogP) is 2.84. The molecule has 0 aromatic heterocycles. The van der Waals surface area contributed by atoms with Crippen LogP contribution in [-0.4, -0.2) is 17.9 Å². The second-order valence-electron chi connectivity index (χ2n) is 2.61. The third-order valence-electron chi connectivity index (χ3n) is 1.69. The number of hydrogen-bond donors (Lipinski definition) is 1. The van der Waals surface area contributed by atoms with Gasteiger partial charge in [-0.1, -0.05) is 0 Å². The average Bonchev–Trinajstić information content (AvgIpc) is 2.17. The van der Waals surface area contributed by atoms with Gasteiger partial charge in [0.05, 0.1) is 0 Å². The van der Waals surface area contributed by atoms with Crippen molar-refractivity contribution in [1.29, 1.82) is 0 Å². The normalized spacial score (nSPS) is 11.0. The molecule has 0 saturated heterocycles. The number of carbonyl (C=O) groups is 1. The zero-order valence-electron chi connectivity index (χ0n) is 7.77. The van der Waals surface area contributed by atoms with Crippen molar-refractivity contribution in [3.63, 3.8) is 0 Å². The van der Waals surface area contributed by atoms with E-state index in [0.29, 0.717) is 5.56 Å². The van der Waals surface area contributed by atoms with E-state index in [1.54, 1.807) is 13.1 Å². The third-order valence-corrected chi connectivity index (χ3v) is 7.06. The molecule has 0 aliphatic heterocycles.